The predicted octanol–water partition coefficient (Wildman–Crippen LogP) is 2.89. The first kappa shape index (κ1) is 11.2. The molecule has 0 heterocycles. The van der Waals surface area contributed by atoms with Crippen LogP contribution in [0.25, 0.3) is 0 Å². The maximum absolute atomic E-state index is 10.9. The molecule has 0 radical (unpaired) electrons. The second-order valence-corrected chi connectivity index (χ2v) is 3.81. The molecule has 0 spiro atoms. The smallest absolute Gasteiger partial charge is 0.248 e. The number of benzene rings is 2. The van der Waals surface area contributed by atoms with Crippen LogP contribution in [-0.2, 0) is 0 Å². The molecule has 0 saturated carbocycles. The van der Waals surface area contributed by atoms with E-state index >= 15 is 0 Å². The predicted molar refractivity (Wildman–Crippen MR) is 66.2 cm³/mol. The summed E-state index contributed by atoms with van der Waals surface area (Å²) in [6.07, 6.45) is 0. The largest absolute Gasteiger partial charge is 0.457 e. The van der Waals surface area contributed by atoms with Crippen molar-refractivity contribution in [2.24, 2.45) is 5.73 Å². The molecule has 86 valence electrons. The number of carbonyl (C=O) groups excluding carboxylic acids is 1. The van der Waals surface area contributed by atoms with Crippen LogP contribution in [-0.4, -0.2) is 5.91 Å². The van der Waals surface area contributed by atoms with Gasteiger partial charge in [0.25, 0.3) is 0 Å². The van der Waals surface area contributed by atoms with Crippen LogP contribution in [0, 0.1) is 6.92 Å². The second-order valence-electron chi connectivity index (χ2n) is 3.81. The van der Waals surface area contributed by atoms with Crippen LogP contribution in [0.1, 0.15) is 15.9 Å². The minimum Gasteiger partial charge on any atom is -0.457 e. The van der Waals surface area contributed by atoms with Crippen LogP contribution in [0.3, 0.4) is 0 Å². The van der Waals surface area contributed by atoms with Crippen molar-refractivity contribution in [1.29, 1.82) is 0 Å². The van der Waals surface area contributed by atoms with Gasteiger partial charge in [-0.1, -0.05) is 12.1 Å². The Bertz CT molecular complexity index is 532. The summed E-state index contributed by atoms with van der Waals surface area (Å²) in [6, 6.07) is 14.5. The summed E-state index contributed by atoms with van der Waals surface area (Å²) in [5.41, 5.74) is 6.77. The fourth-order valence-electron chi connectivity index (χ4n) is 1.50. The highest BCUT2D eigenvalue weighted by Crippen LogP contribution is 2.22. The third-order valence-electron chi connectivity index (χ3n) is 2.36. The summed E-state index contributed by atoms with van der Waals surface area (Å²) in [6.45, 7) is 2.00. The lowest BCUT2D eigenvalue weighted by atomic mass is 10.2. The molecule has 2 aromatic carbocycles. The maximum atomic E-state index is 10.9. The van der Waals surface area contributed by atoms with Crippen molar-refractivity contribution in [1.82, 2.24) is 0 Å². The van der Waals surface area contributed by atoms with Crippen LogP contribution in [0.4, 0.5) is 0 Å². The van der Waals surface area contributed by atoms with Gasteiger partial charge in [-0.05, 0) is 48.9 Å². The van der Waals surface area contributed by atoms with Gasteiger partial charge in [-0.2, -0.15) is 0 Å². The second kappa shape index (κ2) is 4.70. The maximum Gasteiger partial charge on any atom is 0.248 e. The third kappa shape index (κ3) is 2.84. The molecule has 0 bridgehead atoms. The number of nitrogens with two attached hydrogens (primary N) is 1. The molecular formula is C14H13NO2. The van der Waals surface area contributed by atoms with Crippen molar-refractivity contribution in [2.75, 3.05) is 0 Å². The summed E-state index contributed by atoms with van der Waals surface area (Å²) in [7, 11) is 0. The lowest BCUT2D eigenvalue weighted by molar-refractivity contribution is 0.100. The summed E-state index contributed by atoms with van der Waals surface area (Å²) in [5, 5.41) is 0. The molecule has 1 amide bonds. The van der Waals surface area contributed by atoms with E-state index in [-0.39, 0.29) is 0 Å². The van der Waals surface area contributed by atoms with Crippen LogP contribution >= 0.6 is 0 Å². The normalized spacial score (nSPS) is 9.94. The number of carbonyl (C=O) groups is 1. The van der Waals surface area contributed by atoms with Crippen LogP contribution in [0.2, 0.25) is 0 Å². The molecule has 2 rings (SSSR count). The van der Waals surface area contributed by atoms with Crippen LogP contribution in [0.5, 0.6) is 11.5 Å². The average molecular weight is 227 g/mol. The highest BCUT2D eigenvalue weighted by molar-refractivity contribution is 5.92. The fourth-order valence-corrected chi connectivity index (χ4v) is 1.50. The first-order chi connectivity index (χ1) is 8.15. The van der Waals surface area contributed by atoms with Gasteiger partial charge in [0.1, 0.15) is 11.5 Å². The number of hydrogen-bond acceptors (Lipinski definition) is 2. The first-order valence-electron chi connectivity index (χ1n) is 5.29. The Balaban J connectivity index is 2.16. The Morgan fingerprint density at radius 1 is 1.06 bits per heavy atom. The number of ether oxygens (including phenoxy) is 1. The van der Waals surface area contributed by atoms with E-state index in [1.54, 1.807) is 24.3 Å². The van der Waals surface area contributed by atoms with E-state index in [4.69, 9.17) is 10.5 Å². The van der Waals surface area contributed by atoms with Crippen molar-refractivity contribution in [2.45, 2.75) is 6.92 Å². The zero-order chi connectivity index (χ0) is 12.3. The first-order valence-corrected chi connectivity index (χ1v) is 5.29. The molecule has 0 aliphatic carbocycles. The fraction of sp³-hybridized carbons (Fsp3) is 0.0714. The topological polar surface area (TPSA) is 52.3 Å². The van der Waals surface area contributed by atoms with E-state index in [1.165, 1.54) is 0 Å². The Morgan fingerprint density at radius 3 is 2.35 bits per heavy atom. The van der Waals surface area contributed by atoms with E-state index in [1.807, 2.05) is 31.2 Å². The van der Waals surface area contributed by atoms with E-state index in [0.29, 0.717) is 11.3 Å². The molecule has 0 unspecified atom stereocenters. The molecule has 0 aliphatic heterocycles. The van der Waals surface area contributed by atoms with E-state index in [0.717, 1.165) is 11.3 Å². The highest BCUT2D eigenvalue weighted by atomic mass is 16.5. The lowest BCUT2D eigenvalue weighted by Crippen LogP contribution is -2.10. The quantitative estimate of drug-likeness (QED) is 0.876. The van der Waals surface area contributed by atoms with Crippen molar-refractivity contribution >= 4 is 5.91 Å². The number of amides is 1. The molecule has 2 aromatic rings. The number of primary amides is 1. The molecule has 17 heavy (non-hydrogen) atoms. The van der Waals surface area contributed by atoms with Gasteiger partial charge in [0.05, 0.1) is 0 Å². The van der Waals surface area contributed by atoms with Crippen molar-refractivity contribution in [3.63, 3.8) is 0 Å². The standard InChI is InChI=1S/C14H13NO2/c1-10-3-2-4-13(9-10)17-12-7-5-11(6-8-12)14(15)16/h2-9H,1H3,(H2,15,16). The van der Waals surface area contributed by atoms with Crippen molar-refractivity contribution in [3.8, 4) is 11.5 Å². The van der Waals surface area contributed by atoms with Gasteiger partial charge in [-0.25, -0.2) is 0 Å². The van der Waals surface area contributed by atoms with E-state index in [9.17, 15) is 4.79 Å². The summed E-state index contributed by atoms with van der Waals surface area (Å²) in [4.78, 5) is 10.9. The van der Waals surface area contributed by atoms with Crippen LogP contribution < -0.4 is 10.5 Å². The Labute approximate surface area is 99.8 Å². The zero-order valence-corrected chi connectivity index (χ0v) is 9.51. The molecule has 3 nitrogen and oxygen atoms in total. The van der Waals surface area contributed by atoms with Gasteiger partial charge in [-0.3, -0.25) is 4.79 Å². The third-order valence-corrected chi connectivity index (χ3v) is 2.36. The molecule has 0 aliphatic rings. The van der Waals surface area contributed by atoms with Gasteiger partial charge in [0.2, 0.25) is 5.91 Å². The molecule has 3 heteroatoms. The SMILES string of the molecule is Cc1cccc(Oc2ccc(C(N)=O)cc2)c1. The van der Waals surface area contributed by atoms with Gasteiger partial charge in [0, 0.05) is 5.56 Å². The molecule has 2 N–H and O–H groups in total. The number of aryl methyl sites for hydroxylation is 1. The molecule has 0 saturated heterocycles. The van der Waals surface area contributed by atoms with E-state index < -0.39 is 5.91 Å². The van der Waals surface area contributed by atoms with Crippen molar-refractivity contribution in [3.05, 3.63) is 59.7 Å². The van der Waals surface area contributed by atoms with Gasteiger partial charge in [0.15, 0.2) is 0 Å². The minimum absolute atomic E-state index is 0.438. The minimum atomic E-state index is -0.438. The van der Waals surface area contributed by atoms with Gasteiger partial charge >= 0.3 is 0 Å². The monoisotopic (exact) mass is 227 g/mol. The summed E-state index contributed by atoms with van der Waals surface area (Å²) < 4.78 is 5.64. The van der Waals surface area contributed by atoms with Crippen LogP contribution in [0.15, 0.2) is 48.5 Å². The summed E-state index contributed by atoms with van der Waals surface area (Å²) >= 11 is 0. The molecular weight excluding hydrogens is 214 g/mol. The van der Waals surface area contributed by atoms with Gasteiger partial charge < -0.3 is 10.5 Å². The van der Waals surface area contributed by atoms with Crippen molar-refractivity contribution < 1.29 is 9.53 Å². The number of hydrogen-bond donors (Lipinski definition) is 1. The highest BCUT2D eigenvalue weighted by Gasteiger charge is 2.01. The molecule has 0 aromatic heterocycles. The zero-order valence-electron chi connectivity index (χ0n) is 9.51. The number of rotatable bonds is 3. The summed E-state index contributed by atoms with van der Waals surface area (Å²) in [5.74, 6) is 1.02. The molecule has 0 atom stereocenters. The Kier molecular flexibility index (Phi) is 3.10. The molecule has 0 fully saturated rings. The average Bonchev–Trinajstić information content (AvgIpc) is 2.29. The Hall–Kier alpha value is -2.29. The lowest BCUT2D eigenvalue weighted by Gasteiger charge is -2.06. The van der Waals surface area contributed by atoms with Gasteiger partial charge in [-0.15, -0.1) is 0 Å². The Morgan fingerprint density at radius 2 is 1.76 bits per heavy atom. The van der Waals surface area contributed by atoms with E-state index in [2.05, 4.69) is 0 Å².